The monoisotopic (exact) mass is 405 g/mol. The first-order valence-electron chi connectivity index (χ1n) is 10.3. The molecule has 0 spiro atoms. The quantitative estimate of drug-likeness (QED) is 0.218. The Morgan fingerprint density at radius 1 is 1.28 bits per heavy atom. The minimum absolute atomic E-state index is 0.0971. The van der Waals surface area contributed by atoms with Gasteiger partial charge in [0.15, 0.2) is 0 Å². The van der Waals surface area contributed by atoms with Crippen LogP contribution in [0.4, 0.5) is 0 Å². The average Bonchev–Trinajstić information content (AvgIpc) is 2.73. The highest BCUT2D eigenvalue weighted by molar-refractivity contribution is 6.05. The van der Waals surface area contributed by atoms with Crippen LogP contribution in [0.2, 0.25) is 0 Å². The van der Waals surface area contributed by atoms with E-state index >= 15 is 0 Å². The lowest BCUT2D eigenvalue weighted by Crippen LogP contribution is -2.38. The molecule has 3 atom stereocenters. The summed E-state index contributed by atoms with van der Waals surface area (Å²) in [4.78, 5) is 26.1. The molecule has 0 heterocycles. The van der Waals surface area contributed by atoms with Crippen LogP contribution in [0.25, 0.3) is 0 Å². The van der Waals surface area contributed by atoms with Gasteiger partial charge < -0.3 is 14.6 Å². The Bertz CT molecular complexity index is 598. The van der Waals surface area contributed by atoms with Crippen LogP contribution in [0, 0.1) is 5.92 Å². The van der Waals surface area contributed by atoms with Crippen LogP contribution < -0.4 is 0 Å². The predicted octanol–water partition coefficient (Wildman–Crippen LogP) is 3.88. The number of hydrogen-bond acceptors (Lipinski definition) is 5. The van der Waals surface area contributed by atoms with E-state index in [4.69, 9.17) is 9.47 Å². The highest BCUT2D eigenvalue weighted by Crippen LogP contribution is 2.31. The van der Waals surface area contributed by atoms with Crippen LogP contribution >= 0.6 is 0 Å². The van der Waals surface area contributed by atoms with Crippen LogP contribution in [0.1, 0.15) is 51.9 Å². The van der Waals surface area contributed by atoms with Gasteiger partial charge in [0.05, 0.1) is 12.7 Å². The van der Waals surface area contributed by atoms with Gasteiger partial charge in [-0.3, -0.25) is 14.5 Å². The molecule has 1 aliphatic carbocycles. The molecule has 1 saturated carbocycles. The van der Waals surface area contributed by atoms with Crippen molar-refractivity contribution in [3.63, 3.8) is 0 Å². The van der Waals surface area contributed by atoms with Gasteiger partial charge in [0.2, 0.25) is 5.91 Å². The standard InChI is InChI=1S/C23H35NO5/c1-5-8-12-18(4)22(26)24(21(25)7-3)16-11-14-19-13-9-10-15-20(19)29-23(27)28-17-6-2/h5-6,8,12,19-20,23,27H,1-2,4,7,9-11,13-17H2,3H3/b12-8-/t19-,20-,23?/m0/s1. The van der Waals surface area contributed by atoms with Crippen LogP contribution in [-0.2, 0) is 19.1 Å². The molecule has 1 rings (SSSR count). The van der Waals surface area contributed by atoms with E-state index in [2.05, 4.69) is 19.7 Å². The van der Waals surface area contributed by atoms with Gasteiger partial charge in [-0.1, -0.05) is 57.2 Å². The first-order chi connectivity index (χ1) is 13.9. The molecule has 1 aliphatic rings. The molecule has 0 aromatic carbocycles. The first kappa shape index (κ1) is 25.0. The molecule has 1 fully saturated rings. The molecule has 0 aliphatic heterocycles. The Kier molecular flexibility index (Phi) is 12.1. The van der Waals surface area contributed by atoms with E-state index in [0.717, 1.165) is 32.1 Å². The maximum Gasteiger partial charge on any atom is 0.269 e. The summed E-state index contributed by atoms with van der Waals surface area (Å²) in [5, 5.41) is 9.86. The minimum Gasteiger partial charge on any atom is -0.346 e. The number of ether oxygens (including phenoxy) is 2. The highest BCUT2D eigenvalue weighted by atomic mass is 16.8. The summed E-state index contributed by atoms with van der Waals surface area (Å²) < 4.78 is 10.8. The molecular weight excluding hydrogens is 370 g/mol. The second-order valence-corrected chi connectivity index (χ2v) is 7.11. The maximum absolute atomic E-state index is 12.6. The second-order valence-electron chi connectivity index (χ2n) is 7.11. The summed E-state index contributed by atoms with van der Waals surface area (Å²) in [5.74, 6) is -0.337. The van der Waals surface area contributed by atoms with Crippen LogP contribution in [0.15, 0.2) is 49.6 Å². The number of aliphatic hydroxyl groups excluding tert-OH is 1. The number of nitrogens with zero attached hydrogens (tertiary/aromatic N) is 1. The summed E-state index contributed by atoms with van der Waals surface area (Å²) in [6.07, 6.45) is 11.9. The Hall–Kier alpha value is -2.02. The van der Waals surface area contributed by atoms with E-state index in [1.807, 2.05) is 0 Å². The molecule has 6 heteroatoms. The van der Waals surface area contributed by atoms with Gasteiger partial charge in [-0.05, 0) is 31.6 Å². The lowest BCUT2D eigenvalue weighted by molar-refractivity contribution is -0.287. The number of hydrogen-bond donors (Lipinski definition) is 1. The molecule has 2 amide bonds. The van der Waals surface area contributed by atoms with E-state index in [9.17, 15) is 14.7 Å². The summed E-state index contributed by atoms with van der Waals surface area (Å²) in [6, 6.07) is 0. The fourth-order valence-corrected chi connectivity index (χ4v) is 3.49. The number of imide groups is 1. The molecule has 6 nitrogen and oxygen atoms in total. The van der Waals surface area contributed by atoms with E-state index in [0.29, 0.717) is 13.0 Å². The van der Waals surface area contributed by atoms with Crippen molar-refractivity contribution in [1.29, 1.82) is 0 Å². The van der Waals surface area contributed by atoms with Crippen molar-refractivity contribution in [2.24, 2.45) is 5.92 Å². The van der Waals surface area contributed by atoms with Crippen molar-refractivity contribution < 1.29 is 24.2 Å². The van der Waals surface area contributed by atoms with E-state index in [1.54, 1.807) is 31.2 Å². The zero-order valence-electron chi connectivity index (χ0n) is 17.6. The van der Waals surface area contributed by atoms with E-state index in [-0.39, 0.29) is 42.4 Å². The molecule has 0 saturated heterocycles. The normalized spacial score (nSPS) is 20.2. The molecule has 1 unspecified atom stereocenters. The number of allylic oxidation sites excluding steroid dienone is 2. The van der Waals surface area contributed by atoms with E-state index < -0.39 is 6.48 Å². The third kappa shape index (κ3) is 8.90. The van der Waals surface area contributed by atoms with E-state index in [1.165, 1.54) is 4.90 Å². The zero-order chi connectivity index (χ0) is 21.6. The van der Waals surface area contributed by atoms with Crippen molar-refractivity contribution >= 4 is 11.8 Å². The van der Waals surface area contributed by atoms with Gasteiger partial charge in [0, 0.05) is 18.5 Å². The van der Waals surface area contributed by atoms with Crippen molar-refractivity contribution in [2.75, 3.05) is 13.2 Å². The van der Waals surface area contributed by atoms with Gasteiger partial charge in [-0.25, -0.2) is 0 Å². The number of aliphatic hydroxyl groups is 1. The number of carbonyl (C=O) groups is 2. The predicted molar refractivity (Wildman–Crippen MR) is 114 cm³/mol. The van der Waals surface area contributed by atoms with Gasteiger partial charge in [-0.2, -0.15) is 0 Å². The van der Waals surface area contributed by atoms with Gasteiger partial charge >= 0.3 is 0 Å². The molecule has 0 radical (unpaired) electrons. The zero-order valence-corrected chi connectivity index (χ0v) is 17.6. The van der Waals surface area contributed by atoms with Crippen LogP contribution in [0.3, 0.4) is 0 Å². The third-order valence-electron chi connectivity index (χ3n) is 5.00. The van der Waals surface area contributed by atoms with Crippen molar-refractivity contribution in [2.45, 2.75) is 64.4 Å². The van der Waals surface area contributed by atoms with Crippen LogP contribution in [0.5, 0.6) is 0 Å². The smallest absolute Gasteiger partial charge is 0.269 e. The molecule has 29 heavy (non-hydrogen) atoms. The Labute approximate surface area is 174 Å². The summed E-state index contributed by atoms with van der Waals surface area (Å²) >= 11 is 0. The van der Waals surface area contributed by atoms with Gasteiger partial charge in [-0.15, -0.1) is 6.58 Å². The van der Waals surface area contributed by atoms with Crippen molar-refractivity contribution in [3.8, 4) is 0 Å². The maximum atomic E-state index is 12.6. The molecule has 0 aromatic rings. The minimum atomic E-state index is -1.27. The average molecular weight is 406 g/mol. The first-order valence-corrected chi connectivity index (χ1v) is 10.3. The van der Waals surface area contributed by atoms with Crippen molar-refractivity contribution in [3.05, 3.63) is 49.6 Å². The third-order valence-corrected chi connectivity index (χ3v) is 5.00. The molecule has 0 bridgehead atoms. The molecular formula is C23H35NO5. The fourth-order valence-electron chi connectivity index (χ4n) is 3.49. The van der Waals surface area contributed by atoms with Gasteiger partial charge in [0.1, 0.15) is 0 Å². The van der Waals surface area contributed by atoms with Crippen LogP contribution in [-0.4, -0.2) is 47.6 Å². The van der Waals surface area contributed by atoms with Gasteiger partial charge in [0.25, 0.3) is 12.4 Å². The second kappa shape index (κ2) is 14.0. The molecule has 162 valence electrons. The largest absolute Gasteiger partial charge is 0.346 e. The number of rotatable bonds is 13. The topological polar surface area (TPSA) is 76.1 Å². The summed E-state index contributed by atoms with van der Waals surface area (Å²) in [5.41, 5.74) is 0.257. The molecule has 1 N–H and O–H groups in total. The summed E-state index contributed by atoms with van der Waals surface area (Å²) in [7, 11) is 0. The molecule has 0 aromatic heterocycles. The summed E-state index contributed by atoms with van der Waals surface area (Å²) in [6.45, 7) is 11.9. The Balaban J connectivity index is 2.64. The van der Waals surface area contributed by atoms with Crippen molar-refractivity contribution in [1.82, 2.24) is 4.90 Å². The number of carbonyl (C=O) groups excluding carboxylic acids is 2. The Morgan fingerprint density at radius 3 is 2.66 bits per heavy atom. The Morgan fingerprint density at radius 2 is 2.00 bits per heavy atom. The lowest BCUT2D eigenvalue weighted by Gasteiger charge is -2.33. The lowest BCUT2D eigenvalue weighted by atomic mass is 9.83. The SMILES string of the molecule is C=C/C=C\C(=C)C(=O)N(CCC[C@@H]1CCCC[C@@H]1OC(O)OCC=C)C(=O)CC. The fraction of sp³-hybridized carbons (Fsp3) is 0.565. The highest BCUT2D eigenvalue weighted by Gasteiger charge is 2.29. The number of amides is 2.